The van der Waals surface area contributed by atoms with Crippen LogP contribution < -0.4 is 14.4 Å². The van der Waals surface area contributed by atoms with Crippen molar-refractivity contribution < 1.29 is 23.9 Å². The molecule has 6 nitrogen and oxygen atoms in total. The van der Waals surface area contributed by atoms with Gasteiger partial charge in [-0.05, 0) is 66.5 Å². The van der Waals surface area contributed by atoms with Crippen molar-refractivity contribution in [3.63, 3.8) is 0 Å². The molecule has 0 N–H and O–H groups in total. The van der Waals surface area contributed by atoms with E-state index in [9.17, 15) is 14.4 Å². The number of methoxy groups -OCH3 is 1. The number of hydrogen-bond acceptors (Lipinski definition) is 5. The average molecular weight is 415 g/mol. The van der Waals surface area contributed by atoms with Gasteiger partial charge in [-0.15, -0.1) is 0 Å². The second-order valence-corrected chi connectivity index (χ2v) is 8.75. The van der Waals surface area contributed by atoms with Gasteiger partial charge in [0.05, 0.1) is 30.2 Å². The van der Waals surface area contributed by atoms with E-state index in [1.165, 1.54) is 12.0 Å². The number of imide groups is 1. The van der Waals surface area contributed by atoms with Gasteiger partial charge in [-0.1, -0.05) is 24.3 Å². The third kappa shape index (κ3) is 2.60. The van der Waals surface area contributed by atoms with Crippen LogP contribution in [0.15, 0.2) is 60.7 Å². The summed E-state index contributed by atoms with van der Waals surface area (Å²) in [5.74, 6) is 1.09. The van der Waals surface area contributed by atoms with Gasteiger partial charge in [-0.3, -0.25) is 14.5 Å². The molecule has 7 rings (SSSR count). The number of amides is 2. The molecule has 0 aromatic heterocycles. The lowest BCUT2D eigenvalue weighted by Gasteiger charge is -2.37. The quantitative estimate of drug-likeness (QED) is 0.331. The van der Waals surface area contributed by atoms with Crippen molar-refractivity contribution in [2.45, 2.75) is 6.42 Å². The molecule has 1 saturated heterocycles. The van der Waals surface area contributed by atoms with Crippen LogP contribution in [0.3, 0.4) is 0 Å². The van der Waals surface area contributed by atoms with Gasteiger partial charge in [0.25, 0.3) is 0 Å². The smallest absolute Gasteiger partial charge is 0.343 e. The molecule has 1 aliphatic heterocycles. The largest absolute Gasteiger partial charge is 0.493 e. The molecule has 4 aliphatic carbocycles. The highest BCUT2D eigenvalue weighted by atomic mass is 16.6. The second-order valence-electron chi connectivity index (χ2n) is 8.75. The van der Waals surface area contributed by atoms with Gasteiger partial charge in [0, 0.05) is 0 Å². The summed E-state index contributed by atoms with van der Waals surface area (Å²) in [5.41, 5.74) is 0.834. The van der Waals surface area contributed by atoms with Crippen molar-refractivity contribution in [3.05, 3.63) is 66.2 Å². The van der Waals surface area contributed by atoms with E-state index >= 15 is 0 Å². The Morgan fingerprint density at radius 3 is 2.03 bits per heavy atom. The summed E-state index contributed by atoms with van der Waals surface area (Å²) in [6.07, 6.45) is 5.45. The fraction of sp³-hybridized carbons (Fsp3) is 0.320. The molecule has 31 heavy (non-hydrogen) atoms. The predicted molar refractivity (Wildman–Crippen MR) is 112 cm³/mol. The van der Waals surface area contributed by atoms with Gasteiger partial charge < -0.3 is 9.47 Å². The molecule has 2 amide bonds. The van der Waals surface area contributed by atoms with Gasteiger partial charge in [0.2, 0.25) is 11.8 Å². The second kappa shape index (κ2) is 6.54. The SMILES string of the molecule is COc1ccccc1OC(=O)c1ccc(N2C(=O)C3C4C=CC(C5CC45)C3C2=O)cc1. The molecule has 5 aliphatic rings. The summed E-state index contributed by atoms with van der Waals surface area (Å²) in [7, 11) is 1.51. The van der Waals surface area contributed by atoms with Crippen molar-refractivity contribution in [3.8, 4) is 11.5 Å². The first-order valence-corrected chi connectivity index (χ1v) is 10.6. The monoisotopic (exact) mass is 415 g/mol. The lowest BCUT2D eigenvalue weighted by molar-refractivity contribution is -0.124. The molecule has 2 aromatic carbocycles. The summed E-state index contributed by atoms with van der Waals surface area (Å²) in [6.45, 7) is 0. The zero-order chi connectivity index (χ0) is 21.3. The van der Waals surface area contributed by atoms with Gasteiger partial charge >= 0.3 is 5.97 Å². The van der Waals surface area contributed by atoms with Crippen molar-refractivity contribution in [2.24, 2.45) is 35.5 Å². The van der Waals surface area contributed by atoms with Crippen LogP contribution in [0.4, 0.5) is 5.69 Å². The molecular weight excluding hydrogens is 394 g/mol. The van der Waals surface area contributed by atoms with E-state index in [1.54, 1.807) is 48.5 Å². The lowest BCUT2D eigenvalue weighted by atomic mass is 9.63. The van der Waals surface area contributed by atoms with E-state index in [4.69, 9.17) is 9.47 Å². The molecule has 3 fully saturated rings. The number of benzene rings is 2. The third-order valence-electron chi connectivity index (χ3n) is 7.30. The Morgan fingerprint density at radius 2 is 1.45 bits per heavy atom. The number of ether oxygens (including phenoxy) is 2. The van der Waals surface area contributed by atoms with E-state index < -0.39 is 5.97 Å². The predicted octanol–water partition coefficient (Wildman–Crippen LogP) is 3.47. The Kier molecular flexibility index (Phi) is 3.88. The Morgan fingerprint density at radius 1 is 0.871 bits per heavy atom. The van der Waals surface area contributed by atoms with E-state index in [1.807, 2.05) is 0 Å². The summed E-state index contributed by atoms with van der Waals surface area (Å²) in [4.78, 5) is 40.3. The highest BCUT2D eigenvalue weighted by molar-refractivity contribution is 6.22. The standard InChI is InChI=1S/C25H21NO5/c1-30-19-4-2-3-5-20(19)31-25(29)13-6-8-14(9-7-13)26-23(27)21-15-10-11-16(18-12-17(15)18)22(21)24(26)28/h2-11,15-18,21-22H,12H2,1H3. The lowest BCUT2D eigenvalue weighted by Crippen LogP contribution is -2.40. The van der Waals surface area contributed by atoms with Crippen LogP contribution in [0.25, 0.3) is 0 Å². The van der Waals surface area contributed by atoms with Crippen molar-refractivity contribution >= 4 is 23.5 Å². The molecular formula is C25H21NO5. The maximum absolute atomic E-state index is 13.2. The van der Waals surface area contributed by atoms with Gasteiger partial charge in [0.1, 0.15) is 0 Å². The molecule has 1 heterocycles. The van der Waals surface area contributed by atoms with Crippen LogP contribution >= 0.6 is 0 Å². The molecule has 6 atom stereocenters. The topological polar surface area (TPSA) is 72.9 Å². The third-order valence-corrected chi connectivity index (χ3v) is 7.30. The first-order chi connectivity index (χ1) is 15.1. The van der Waals surface area contributed by atoms with Crippen LogP contribution in [0.2, 0.25) is 0 Å². The Bertz CT molecular complexity index is 1100. The molecule has 6 heteroatoms. The minimum atomic E-state index is -0.536. The maximum atomic E-state index is 13.2. The average Bonchev–Trinajstić information content (AvgIpc) is 3.58. The maximum Gasteiger partial charge on any atom is 0.343 e. The molecule has 2 bridgehead atoms. The molecule has 2 aromatic rings. The number of hydrogen-bond donors (Lipinski definition) is 0. The Balaban J connectivity index is 1.23. The first kappa shape index (κ1) is 18.4. The van der Waals surface area contributed by atoms with E-state index in [0.29, 0.717) is 34.6 Å². The van der Waals surface area contributed by atoms with Crippen LogP contribution in [0.1, 0.15) is 16.8 Å². The molecule has 0 radical (unpaired) electrons. The number of allylic oxidation sites excluding steroid dienone is 2. The van der Waals surface area contributed by atoms with Crippen molar-refractivity contribution in [2.75, 3.05) is 12.0 Å². The highest BCUT2D eigenvalue weighted by Crippen LogP contribution is 2.65. The molecule has 2 saturated carbocycles. The highest BCUT2D eigenvalue weighted by Gasteiger charge is 2.67. The summed E-state index contributed by atoms with van der Waals surface area (Å²) >= 11 is 0. The number of nitrogens with zero attached hydrogens (tertiary/aromatic N) is 1. The zero-order valence-corrected chi connectivity index (χ0v) is 16.9. The fourth-order valence-corrected chi connectivity index (χ4v) is 5.82. The van der Waals surface area contributed by atoms with Gasteiger partial charge in [-0.2, -0.15) is 0 Å². The number of anilines is 1. The van der Waals surface area contributed by atoms with Crippen LogP contribution in [-0.4, -0.2) is 24.9 Å². The van der Waals surface area contributed by atoms with Crippen molar-refractivity contribution in [1.29, 1.82) is 0 Å². The summed E-state index contributed by atoms with van der Waals surface area (Å²) in [5, 5.41) is 0. The molecule has 0 spiro atoms. The van der Waals surface area contributed by atoms with E-state index in [-0.39, 0.29) is 35.5 Å². The number of esters is 1. The number of carbonyl (C=O) groups is 3. The number of rotatable bonds is 4. The zero-order valence-electron chi connectivity index (χ0n) is 16.9. The van der Waals surface area contributed by atoms with E-state index in [0.717, 1.165) is 6.42 Å². The summed E-state index contributed by atoms with van der Waals surface area (Å²) < 4.78 is 10.6. The molecule has 6 unspecified atom stereocenters. The Hall–Kier alpha value is -3.41. The fourth-order valence-electron chi connectivity index (χ4n) is 5.82. The van der Waals surface area contributed by atoms with Gasteiger partial charge in [0.15, 0.2) is 11.5 Å². The molecule has 156 valence electrons. The van der Waals surface area contributed by atoms with Crippen LogP contribution in [-0.2, 0) is 9.59 Å². The normalized spacial score (nSPS) is 32.0. The van der Waals surface area contributed by atoms with Crippen molar-refractivity contribution in [1.82, 2.24) is 0 Å². The minimum absolute atomic E-state index is 0.107. The minimum Gasteiger partial charge on any atom is -0.493 e. The van der Waals surface area contributed by atoms with Gasteiger partial charge in [-0.25, -0.2) is 4.79 Å². The number of para-hydroxylation sites is 2. The summed E-state index contributed by atoms with van der Waals surface area (Å²) in [6, 6.07) is 13.4. The Labute approximate surface area is 179 Å². The van der Waals surface area contributed by atoms with E-state index in [2.05, 4.69) is 12.2 Å². The van der Waals surface area contributed by atoms with Crippen LogP contribution in [0.5, 0.6) is 11.5 Å². The number of carbonyl (C=O) groups excluding carboxylic acids is 3. The first-order valence-electron chi connectivity index (χ1n) is 10.6. The van der Waals surface area contributed by atoms with Crippen LogP contribution in [0, 0.1) is 35.5 Å².